The van der Waals surface area contributed by atoms with E-state index in [-0.39, 0.29) is 12.5 Å². The van der Waals surface area contributed by atoms with E-state index in [9.17, 15) is 4.79 Å². The Morgan fingerprint density at radius 3 is 2.75 bits per heavy atom. The second-order valence-corrected chi connectivity index (χ2v) is 6.10. The van der Waals surface area contributed by atoms with Gasteiger partial charge < -0.3 is 15.0 Å². The molecule has 0 atom stereocenters. The number of rotatable bonds is 5. The Morgan fingerprint density at radius 2 is 2.04 bits per heavy atom. The van der Waals surface area contributed by atoms with Crippen LogP contribution in [0.3, 0.4) is 0 Å². The number of esters is 1. The topological polar surface area (TPSA) is 67.0 Å². The summed E-state index contributed by atoms with van der Waals surface area (Å²) in [5.41, 5.74) is 2.04. The highest BCUT2D eigenvalue weighted by Crippen LogP contribution is 2.34. The third-order valence-corrected chi connectivity index (χ3v) is 4.44. The van der Waals surface area contributed by atoms with E-state index in [4.69, 9.17) is 0 Å². The normalized spacial score (nSPS) is 12.4. The number of allylic oxidation sites excluding steroid dienone is 1. The van der Waals surface area contributed by atoms with Gasteiger partial charge in [-0.05, 0) is 36.0 Å². The lowest BCUT2D eigenvalue weighted by molar-refractivity contribution is -0.138. The van der Waals surface area contributed by atoms with Crippen LogP contribution in [0.4, 0.5) is 5.95 Å². The van der Waals surface area contributed by atoms with Crippen molar-refractivity contribution in [1.82, 2.24) is 9.97 Å². The number of carbonyl (C=O) groups excluding carboxylic acids is 1. The molecule has 0 radical (unpaired) electrons. The number of aryl methyl sites for hydroxylation is 1. The van der Waals surface area contributed by atoms with Gasteiger partial charge in [0.2, 0.25) is 5.95 Å². The van der Waals surface area contributed by atoms with Crippen LogP contribution in [0.25, 0.3) is 6.08 Å². The number of hydrogen-bond acceptors (Lipinski definition) is 5. The smallest absolute Gasteiger partial charge is 0.325 e. The molecule has 1 aromatic carbocycles. The van der Waals surface area contributed by atoms with Gasteiger partial charge in [-0.25, -0.2) is 4.98 Å². The van der Waals surface area contributed by atoms with Gasteiger partial charge in [-0.1, -0.05) is 43.8 Å². The molecule has 128 valence electrons. The van der Waals surface area contributed by atoms with Crippen LogP contribution in [0.2, 0.25) is 0 Å². The van der Waals surface area contributed by atoms with Crippen LogP contribution in [-0.4, -0.2) is 29.6 Å². The predicted octanol–water partition coefficient (Wildman–Crippen LogP) is 4.10. The zero-order valence-corrected chi connectivity index (χ0v) is 15.1. The first-order valence-electron chi connectivity index (χ1n) is 8.07. The number of thioether (sulfide) groups is 1. The maximum absolute atomic E-state index is 11.1. The van der Waals surface area contributed by atoms with Gasteiger partial charge in [0, 0.05) is 10.6 Å². The van der Waals surface area contributed by atoms with Crippen molar-refractivity contribution in [2.75, 3.05) is 19.0 Å². The first-order valence-corrected chi connectivity index (χ1v) is 8.89. The molecule has 1 heterocycles. The van der Waals surface area contributed by atoms with Crippen molar-refractivity contribution < 1.29 is 9.53 Å². The Labute approximate surface area is 146 Å². The van der Waals surface area contributed by atoms with E-state index in [2.05, 4.69) is 38.2 Å². The lowest BCUT2D eigenvalue weighted by Crippen LogP contribution is -2.15. The number of methoxy groups -OCH3 is 1. The standard InChI is InChI=1S/C16H17N3O2S.C2H6/c1-21-15(20)10-17-16-18-13-8-7-12(9-14(13)19-16)22-11-5-3-2-4-6-11;1-2/h2-6,9H,7-8,10H2,1H3,(H2,17,18,19);1-2H3. The van der Waals surface area contributed by atoms with Crippen molar-refractivity contribution in [1.29, 1.82) is 0 Å². The fraction of sp³-hybridized carbons (Fsp3) is 0.333. The van der Waals surface area contributed by atoms with E-state index in [1.807, 2.05) is 32.0 Å². The third kappa shape index (κ3) is 4.89. The predicted molar refractivity (Wildman–Crippen MR) is 99.0 cm³/mol. The molecule has 1 aliphatic rings. The Kier molecular flexibility index (Phi) is 6.93. The molecule has 2 N–H and O–H groups in total. The Morgan fingerprint density at radius 1 is 1.29 bits per heavy atom. The molecule has 2 aromatic rings. The van der Waals surface area contributed by atoms with Crippen molar-refractivity contribution in [3.63, 3.8) is 0 Å². The number of benzene rings is 1. The van der Waals surface area contributed by atoms with Crippen LogP contribution in [0.15, 0.2) is 40.1 Å². The minimum atomic E-state index is -0.315. The molecule has 0 bridgehead atoms. The van der Waals surface area contributed by atoms with Crippen molar-refractivity contribution >= 4 is 29.8 Å². The van der Waals surface area contributed by atoms with Crippen molar-refractivity contribution in [2.24, 2.45) is 0 Å². The van der Waals surface area contributed by atoms with E-state index in [1.54, 1.807) is 11.8 Å². The van der Waals surface area contributed by atoms with Gasteiger partial charge >= 0.3 is 5.97 Å². The molecule has 0 saturated carbocycles. The molecule has 0 saturated heterocycles. The summed E-state index contributed by atoms with van der Waals surface area (Å²) in [7, 11) is 1.37. The second kappa shape index (κ2) is 9.17. The molecule has 24 heavy (non-hydrogen) atoms. The molecule has 0 amide bonds. The van der Waals surface area contributed by atoms with E-state index in [1.165, 1.54) is 16.9 Å². The highest BCUT2D eigenvalue weighted by atomic mass is 32.2. The number of imidazole rings is 1. The number of anilines is 1. The van der Waals surface area contributed by atoms with Gasteiger partial charge in [0.15, 0.2) is 0 Å². The minimum Gasteiger partial charge on any atom is -0.468 e. The number of hydrogen-bond donors (Lipinski definition) is 2. The van der Waals surface area contributed by atoms with E-state index < -0.39 is 0 Å². The average molecular weight is 345 g/mol. The molecular formula is C18H23N3O2S. The highest BCUT2D eigenvalue weighted by Gasteiger charge is 2.16. The van der Waals surface area contributed by atoms with Crippen LogP contribution in [0, 0.1) is 0 Å². The van der Waals surface area contributed by atoms with Gasteiger partial charge in [-0.15, -0.1) is 0 Å². The third-order valence-electron chi connectivity index (χ3n) is 3.35. The molecule has 0 spiro atoms. The van der Waals surface area contributed by atoms with Gasteiger partial charge in [-0.3, -0.25) is 4.79 Å². The molecule has 5 nitrogen and oxygen atoms in total. The van der Waals surface area contributed by atoms with Crippen LogP contribution in [0.1, 0.15) is 31.7 Å². The maximum Gasteiger partial charge on any atom is 0.325 e. The number of fused-ring (bicyclic) bond motifs is 1. The molecule has 1 aliphatic carbocycles. The number of nitrogens with zero attached hydrogens (tertiary/aromatic N) is 1. The number of carbonyl (C=O) groups is 1. The zero-order chi connectivity index (χ0) is 17.4. The van der Waals surface area contributed by atoms with Crippen LogP contribution in [0.5, 0.6) is 0 Å². The second-order valence-electron chi connectivity index (χ2n) is 4.90. The van der Waals surface area contributed by atoms with Crippen molar-refractivity contribution in [3.8, 4) is 0 Å². The fourth-order valence-electron chi connectivity index (χ4n) is 2.24. The van der Waals surface area contributed by atoms with Crippen molar-refractivity contribution in [3.05, 3.63) is 46.6 Å². The number of ether oxygens (including phenoxy) is 1. The summed E-state index contributed by atoms with van der Waals surface area (Å²) in [5.74, 6) is 0.294. The van der Waals surface area contributed by atoms with Gasteiger partial charge in [0.1, 0.15) is 6.54 Å². The SMILES string of the molecule is CC.COC(=O)CNc1nc2c([nH]1)CCC(Sc1ccccc1)=C2. The lowest BCUT2D eigenvalue weighted by Gasteiger charge is -2.11. The molecule has 0 unspecified atom stereocenters. The summed E-state index contributed by atoms with van der Waals surface area (Å²) in [6.45, 7) is 4.11. The van der Waals surface area contributed by atoms with E-state index in [0.717, 1.165) is 24.2 Å². The lowest BCUT2D eigenvalue weighted by atomic mass is 10.1. The Balaban J connectivity index is 0.00000100. The Hall–Kier alpha value is -2.21. The monoisotopic (exact) mass is 345 g/mol. The largest absolute Gasteiger partial charge is 0.468 e. The van der Waals surface area contributed by atoms with Crippen LogP contribution >= 0.6 is 11.8 Å². The van der Waals surface area contributed by atoms with Crippen LogP contribution < -0.4 is 5.32 Å². The molecule has 0 fully saturated rings. The summed E-state index contributed by atoms with van der Waals surface area (Å²) < 4.78 is 4.60. The maximum atomic E-state index is 11.1. The Bertz CT molecular complexity index is 696. The summed E-state index contributed by atoms with van der Waals surface area (Å²) in [6, 6.07) is 10.3. The highest BCUT2D eigenvalue weighted by molar-refractivity contribution is 8.03. The summed E-state index contributed by atoms with van der Waals surface area (Å²) in [4.78, 5) is 21.4. The fourth-order valence-corrected chi connectivity index (χ4v) is 3.21. The summed E-state index contributed by atoms with van der Waals surface area (Å²) in [6.07, 6.45) is 4.02. The van der Waals surface area contributed by atoms with Gasteiger partial charge in [0.25, 0.3) is 0 Å². The number of aromatic amines is 1. The summed E-state index contributed by atoms with van der Waals surface area (Å²) >= 11 is 1.77. The minimum absolute atomic E-state index is 0.109. The van der Waals surface area contributed by atoms with Crippen LogP contribution in [-0.2, 0) is 16.0 Å². The number of aromatic nitrogens is 2. The molecule has 6 heteroatoms. The van der Waals surface area contributed by atoms with Gasteiger partial charge in [0.05, 0.1) is 12.8 Å². The molecule has 0 aliphatic heterocycles. The number of nitrogens with one attached hydrogen (secondary N) is 2. The molecule has 3 rings (SSSR count). The number of H-pyrrole nitrogens is 1. The quantitative estimate of drug-likeness (QED) is 0.799. The van der Waals surface area contributed by atoms with E-state index >= 15 is 0 Å². The zero-order valence-electron chi connectivity index (χ0n) is 14.3. The first-order chi connectivity index (χ1) is 11.7. The first kappa shape index (κ1) is 18.1. The van der Waals surface area contributed by atoms with Crippen molar-refractivity contribution in [2.45, 2.75) is 31.6 Å². The average Bonchev–Trinajstić information content (AvgIpc) is 3.04. The summed E-state index contributed by atoms with van der Waals surface area (Å²) in [5, 5.41) is 2.94. The van der Waals surface area contributed by atoms with E-state index in [0.29, 0.717) is 5.95 Å². The molecular weight excluding hydrogens is 322 g/mol. The van der Waals surface area contributed by atoms with Gasteiger partial charge in [-0.2, -0.15) is 0 Å². The molecule has 1 aromatic heterocycles.